The molecule has 0 aromatic carbocycles. The summed E-state index contributed by atoms with van der Waals surface area (Å²) < 4.78 is 5.65. The molecule has 0 aliphatic heterocycles. The molecule has 1 aliphatic carbocycles. The summed E-state index contributed by atoms with van der Waals surface area (Å²) >= 11 is 0. The highest BCUT2D eigenvalue weighted by atomic mass is 16.5. The molecular weight excluding hydrogens is 432 g/mol. The van der Waals surface area contributed by atoms with Crippen molar-refractivity contribution in [2.75, 3.05) is 13.2 Å². The lowest BCUT2D eigenvalue weighted by molar-refractivity contribution is -0.0322. The largest absolute Gasteiger partial charge is 0.508 e. The lowest BCUT2D eigenvalue weighted by atomic mass is 9.64. The molecule has 0 heterocycles. The molecule has 2 N–H and O–H groups in total. The molecule has 3 nitrogen and oxygen atoms in total. The van der Waals surface area contributed by atoms with Crippen LogP contribution in [0.4, 0.5) is 0 Å². The zero-order valence-corrected chi connectivity index (χ0v) is 25.0. The van der Waals surface area contributed by atoms with E-state index in [1.807, 2.05) is 0 Å². The normalized spacial score (nSPS) is 18.5. The van der Waals surface area contributed by atoms with Gasteiger partial charge in [0.15, 0.2) is 0 Å². The topological polar surface area (TPSA) is 49.7 Å². The van der Waals surface area contributed by atoms with Crippen LogP contribution in [0.2, 0.25) is 0 Å². The van der Waals surface area contributed by atoms with E-state index in [1.165, 1.54) is 77.0 Å². The molecule has 35 heavy (non-hydrogen) atoms. The van der Waals surface area contributed by atoms with Crippen molar-refractivity contribution in [3.8, 4) is 0 Å². The number of hydrogen-bond acceptors (Lipinski definition) is 3. The average molecular weight is 495 g/mol. The van der Waals surface area contributed by atoms with Crippen LogP contribution in [-0.4, -0.2) is 29.0 Å². The lowest BCUT2D eigenvalue weighted by Gasteiger charge is -2.45. The molecule has 1 unspecified atom stereocenters. The zero-order valence-electron chi connectivity index (χ0n) is 25.0. The summed E-state index contributed by atoms with van der Waals surface area (Å²) in [6, 6.07) is 0. The minimum Gasteiger partial charge on any atom is -0.508 e. The summed E-state index contributed by atoms with van der Waals surface area (Å²) in [6.07, 6.45) is 22.2. The van der Waals surface area contributed by atoms with E-state index >= 15 is 0 Å². The van der Waals surface area contributed by atoms with Crippen LogP contribution in [0.15, 0.2) is 23.5 Å². The van der Waals surface area contributed by atoms with Gasteiger partial charge in [-0.1, -0.05) is 120 Å². The monoisotopic (exact) mass is 494 g/mol. The highest BCUT2D eigenvalue weighted by Gasteiger charge is 2.44. The van der Waals surface area contributed by atoms with Gasteiger partial charge in [0, 0.05) is 19.6 Å². The molecule has 0 aromatic heterocycles. The first-order chi connectivity index (χ1) is 16.5. The second-order valence-electron chi connectivity index (χ2n) is 11.9. The summed E-state index contributed by atoms with van der Waals surface area (Å²) in [5, 5.41) is 21.0. The number of aliphatic hydroxyl groups excluding tert-OH is 1. The van der Waals surface area contributed by atoms with E-state index in [4.69, 9.17) is 4.74 Å². The predicted octanol–water partition coefficient (Wildman–Crippen LogP) is 10.1. The van der Waals surface area contributed by atoms with Crippen molar-refractivity contribution >= 4 is 0 Å². The number of allylic oxidation sites excluding steroid dienone is 1. The first-order valence-electron chi connectivity index (χ1n) is 14.9. The van der Waals surface area contributed by atoms with Crippen LogP contribution in [0, 0.1) is 10.8 Å². The molecular formula is C32H62O3. The Morgan fingerprint density at radius 1 is 0.743 bits per heavy atom. The summed E-state index contributed by atoms with van der Waals surface area (Å²) in [6.45, 7) is 19.1. The van der Waals surface area contributed by atoms with Gasteiger partial charge in [-0.3, -0.25) is 0 Å². The van der Waals surface area contributed by atoms with Crippen molar-refractivity contribution in [2.45, 2.75) is 157 Å². The van der Waals surface area contributed by atoms with Crippen LogP contribution in [0.3, 0.4) is 0 Å². The fourth-order valence-corrected chi connectivity index (χ4v) is 4.38. The number of unbranched alkanes of at least 4 members (excludes halogenated alkanes) is 10. The van der Waals surface area contributed by atoms with Gasteiger partial charge in [0.2, 0.25) is 0 Å². The van der Waals surface area contributed by atoms with Crippen molar-refractivity contribution in [1.82, 2.24) is 0 Å². The van der Waals surface area contributed by atoms with Crippen molar-refractivity contribution in [2.24, 2.45) is 10.8 Å². The number of ether oxygens (including phenoxy) is 1. The minimum atomic E-state index is -0.865. The van der Waals surface area contributed by atoms with Crippen molar-refractivity contribution < 1.29 is 14.9 Å². The number of hydrogen-bond donors (Lipinski definition) is 2. The van der Waals surface area contributed by atoms with Gasteiger partial charge in [-0.05, 0) is 54.2 Å². The van der Waals surface area contributed by atoms with Crippen molar-refractivity contribution in [3.63, 3.8) is 0 Å². The summed E-state index contributed by atoms with van der Waals surface area (Å²) in [5.41, 5.74) is -0.168. The fourth-order valence-electron chi connectivity index (χ4n) is 4.38. The van der Waals surface area contributed by atoms with Gasteiger partial charge in [0.05, 0.1) is 5.60 Å². The zero-order chi connectivity index (χ0) is 26.8. The third kappa shape index (κ3) is 13.4. The Hall–Kier alpha value is -0.800. The van der Waals surface area contributed by atoms with E-state index in [9.17, 15) is 10.2 Å². The maximum Gasteiger partial charge on any atom is 0.115 e. The Bertz CT molecular complexity index is 574. The Morgan fingerprint density at radius 2 is 1.20 bits per heavy atom. The molecule has 1 rings (SSSR count). The van der Waals surface area contributed by atoms with Crippen LogP contribution < -0.4 is 0 Å². The van der Waals surface area contributed by atoms with E-state index in [0.717, 1.165) is 31.6 Å². The van der Waals surface area contributed by atoms with Gasteiger partial charge in [-0.15, -0.1) is 0 Å². The smallest absolute Gasteiger partial charge is 0.115 e. The second-order valence-corrected chi connectivity index (χ2v) is 11.9. The standard InChI is InChI=1S/C16H28O2.C16H34O/c1-7-14(3,4)12-11-16(18,10-9-13(12)17)15(5,6)8-2;1-3-5-7-9-11-13-15-17-16-14-12-10-8-6-4-2/h9-10,17-18H,7-8,11H2,1-6H3;3-16H2,1-2H3. The molecule has 0 saturated heterocycles. The van der Waals surface area contributed by atoms with Gasteiger partial charge in [0.25, 0.3) is 0 Å². The molecule has 1 aliphatic rings. The summed E-state index contributed by atoms with van der Waals surface area (Å²) in [7, 11) is 0. The van der Waals surface area contributed by atoms with Crippen LogP contribution in [0.25, 0.3) is 0 Å². The predicted molar refractivity (Wildman–Crippen MR) is 154 cm³/mol. The first kappa shape index (κ1) is 34.2. The highest BCUT2D eigenvalue weighted by molar-refractivity contribution is 5.34. The van der Waals surface area contributed by atoms with E-state index in [1.54, 1.807) is 12.2 Å². The number of aliphatic hydroxyl groups is 2. The molecule has 0 amide bonds. The van der Waals surface area contributed by atoms with Gasteiger partial charge < -0.3 is 14.9 Å². The minimum absolute atomic E-state index is 0.0767. The molecule has 0 radical (unpaired) electrons. The summed E-state index contributed by atoms with van der Waals surface area (Å²) in [5.74, 6) is 0.332. The van der Waals surface area contributed by atoms with Crippen molar-refractivity contribution in [1.29, 1.82) is 0 Å². The molecule has 1 atom stereocenters. The molecule has 0 bridgehead atoms. The van der Waals surface area contributed by atoms with Gasteiger partial charge in [-0.25, -0.2) is 0 Å². The Balaban J connectivity index is 0.000000662. The van der Waals surface area contributed by atoms with Gasteiger partial charge in [0.1, 0.15) is 5.76 Å². The van der Waals surface area contributed by atoms with Crippen LogP contribution >= 0.6 is 0 Å². The SMILES string of the molecule is CCC(C)(C)C1=C(O)C=CC(O)(C(C)(C)CC)C1.CCCCCCCCOCCCCCCCC. The van der Waals surface area contributed by atoms with E-state index in [0.29, 0.717) is 12.2 Å². The van der Waals surface area contributed by atoms with Crippen molar-refractivity contribution in [3.05, 3.63) is 23.5 Å². The average Bonchev–Trinajstić information content (AvgIpc) is 2.84. The highest BCUT2D eigenvalue weighted by Crippen LogP contribution is 2.47. The number of rotatable bonds is 18. The molecule has 208 valence electrons. The maximum absolute atomic E-state index is 10.9. The van der Waals surface area contributed by atoms with E-state index in [2.05, 4.69) is 55.4 Å². The third-order valence-electron chi connectivity index (χ3n) is 8.31. The van der Waals surface area contributed by atoms with E-state index < -0.39 is 5.60 Å². The van der Waals surface area contributed by atoms with Gasteiger partial charge >= 0.3 is 0 Å². The molecule has 0 fully saturated rings. The van der Waals surface area contributed by atoms with Crippen LogP contribution in [0.5, 0.6) is 0 Å². The quantitative estimate of drug-likeness (QED) is 0.186. The summed E-state index contributed by atoms with van der Waals surface area (Å²) in [4.78, 5) is 0. The van der Waals surface area contributed by atoms with E-state index in [-0.39, 0.29) is 10.8 Å². The van der Waals surface area contributed by atoms with Gasteiger partial charge in [-0.2, -0.15) is 0 Å². The molecule has 0 saturated carbocycles. The lowest BCUT2D eigenvalue weighted by Crippen LogP contribution is -2.45. The van der Waals surface area contributed by atoms with Crippen LogP contribution in [0.1, 0.15) is 152 Å². The molecule has 3 heteroatoms. The third-order valence-corrected chi connectivity index (χ3v) is 8.31. The fraction of sp³-hybridized carbons (Fsp3) is 0.875. The Kier molecular flexibility index (Phi) is 18.0. The Labute approximate surface area is 219 Å². The maximum atomic E-state index is 10.9. The molecule has 0 aromatic rings. The Morgan fingerprint density at radius 3 is 1.63 bits per heavy atom. The second kappa shape index (κ2) is 18.4. The van der Waals surface area contributed by atoms with Crippen LogP contribution in [-0.2, 0) is 4.74 Å². The molecule has 0 spiro atoms. The first-order valence-corrected chi connectivity index (χ1v) is 14.9.